The van der Waals surface area contributed by atoms with Gasteiger partial charge >= 0.3 is 5.97 Å². The fraction of sp³-hybridized carbons (Fsp3) is 0.579. The van der Waals surface area contributed by atoms with Crippen LogP contribution in [0, 0.1) is 13.8 Å². The van der Waals surface area contributed by atoms with Gasteiger partial charge in [-0.15, -0.1) is 0 Å². The van der Waals surface area contributed by atoms with Crippen molar-refractivity contribution in [2.75, 3.05) is 13.1 Å². The zero-order valence-corrected chi connectivity index (χ0v) is 14.9. The summed E-state index contributed by atoms with van der Waals surface area (Å²) in [5, 5.41) is 12.7. The molecule has 0 aromatic heterocycles. The highest BCUT2D eigenvalue weighted by molar-refractivity contribution is 5.87. The maximum Gasteiger partial charge on any atom is 0.326 e. The van der Waals surface area contributed by atoms with Crippen molar-refractivity contribution in [3.8, 4) is 5.75 Å². The van der Waals surface area contributed by atoms with Crippen LogP contribution in [0.4, 0.5) is 0 Å². The second kappa shape index (κ2) is 7.44. The molecule has 0 saturated carbocycles. The zero-order valence-electron chi connectivity index (χ0n) is 14.9. The highest BCUT2D eigenvalue weighted by Gasteiger charge is 2.36. The quantitative estimate of drug-likeness (QED) is 0.853. The Balaban J connectivity index is 1.86. The molecule has 1 amide bonds. The molecule has 2 fully saturated rings. The summed E-state index contributed by atoms with van der Waals surface area (Å²) < 4.78 is 6.29. The molecule has 1 unspecified atom stereocenters. The van der Waals surface area contributed by atoms with Gasteiger partial charge in [0.25, 0.3) is 0 Å². The summed E-state index contributed by atoms with van der Waals surface area (Å²) in [6.07, 6.45) is 2.74. The van der Waals surface area contributed by atoms with Crippen LogP contribution in [0.15, 0.2) is 12.1 Å². The lowest BCUT2D eigenvalue weighted by Gasteiger charge is -2.28. The molecule has 3 rings (SSSR count). The molecule has 0 aliphatic carbocycles. The molecule has 2 heterocycles. The fourth-order valence-electron chi connectivity index (χ4n) is 3.78. The molecule has 2 N–H and O–H groups in total. The van der Waals surface area contributed by atoms with Crippen LogP contribution in [-0.2, 0) is 16.1 Å². The van der Waals surface area contributed by atoms with Gasteiger partial charge < -0.3 is 20.1 Å². The summed E-state index contributed by atoms with van der Waals surface area (Å²) >= 11 is 0. The van der Waals surface area contributed by atoms with Crippen LogP contribution < -0.4 is 10.1 Å². The summed E-state index contributed by atoms with van der Waals surface area (Å²) in [5.74, 6) is -0.225. The molecular weight excluding hydrogens is 320 g/mol. The van der Waals surface area contributed by atoms with E-state index < -0.39 is 12.0 Å². The average Bonchev–Trinajstić information content (AvgIpc) is 2.93. The number of carboxylic acid groups (broad SMARTS) is 1. The van der Waals surface area contributed by atoms with E-state index in [1.165, 1.54) is 4.90 Å². The summed E-state index contributed by atoms with van der Waals surface area (Å²) in [6, 6.07) is 3.34. The Kier molecular flexibility index (Phi) is 5.27. The fourth-order valence-corrected chi connectivity index (χ4v) is 3.78. The maximum atomic E-state index is 12.2. The smallest absolute Gasteiger partial charge is 0.326 e. The van der Waals surface area contributed by atoms with E-state index in [-0.39, 0.29) is 12.0 Å². The van der Waals surface area contributed by atoms with E-state index in [1.54, 1.807) is 0 Å². The van der Waals surface area contributed by atoms with Crippen molar-refractivity contribution < 1.29 is 19.4 Å². The number of nitrogens with zero attached hydrogens (tertiary/aromatic N) is 1. The van der Waals surface area contributed by atoms with Crippen molar-refractivity contribution in [3.63, 3.8) is 0 Å². The molecule has 6 nitrogen and oxygen atoms in total. The van der Waals surface area contributed by atoms with Crippen molar-refractivity contribution in [2.24, 2.45) is 0 Å². The van der Waals surface area contributed by atoms with E-state index in [1.807, 2.05) is 19.9 Å². The van der Waals surface area contributed by atoms with Crippen LogP contribution in [0.25, 0.3) is 0 Å². The number of hydrogen-bond donors (Lipinski definition) is 2. The molecule has 0 radical (unpaired) electrons. The minimum atomic E-state index is -0.934. The Morgan fingerprint density at radius 1 is 1.28 bits per heavy atom. The van der Waals surface area contributed by atoms with Crippen molar-refractivity contribution >= 4 is 11.9 Å². The van der Waals surface area contributed by atoms with Gasteiger partial charge in [-0.2, -0.15) is 0 Å². The van der Waals surface area contributed by atoms with Crippen LogP contribution in [0.2, 0.25) is 0 Å². The van der Waals surface area contributed by atoms with E-state index in [0.717, 1.165) is 48.4 Å². The molecule has 1 aromatic rings. The molecule has 0 bridgehead atoms. The third kappa shape index (κ3) is 3.95. The predicted octanol–water partition coefficient (Wildman–Crippen LogP) is 2.01. The third-order valence-corrected chi connectivity index (χ3v) is 5.02. The number of aliphatic carboxylic acids is 1. The molecule has 0 spiro atoms. The number of carboxylic acids is 1. The Hall–Kier alpha value is -2.08. The van der Waals surface area contributed by atoms with Gasteiger partial charge in [0.15, 0.2) is 0 Å². The molecule has 2 saturated heterocycles. The number of ether oxygens (including phenoxy) is 1. The molecule has 25 heavy (non-hydrogen) atoms. The number of hydrogen-bond acceptors (Lipinski definition) is 4. The van der Waals surface area contributed by atoms with Crippen molar-refractivity contribution in [1.82, 2.24) is 10.2 Å². The van der Waals surface area contributed by atoms with Gasteiger partial charge in [-0.1, -0.05) is 17.7 Å². The number of piperidine rings is 1. The topological polar surface area (TPSA) is 78.9 Å². The first kappa shape index (κ1) is 17.7. The number of amides is 1. The summed E-state index contributed by atoms with van der Waals surface area (Å²) in [7, 11) is 0. The van der Waals surface area contributed by atoms with Crippen LogP contribution in [0.1, 0.15) is 42.4 Å². The Morgan fingerprint density at radius 3 is 2.68 bits per heavy atom. The Labute approximate surface area is 148 Å². The Bertz CT molecular complexity index is 668. The predicted molar refractivity (Wildman–Crippen MR) is 93.6 cm³/mol. The number of aryl methyl sites for hydroxylation is 2. The van der Waals surface area contributed by atoms with Gasteiger partial charge in [0, 0.05) is 12.0 Å². The van der Waals surface area contributed by atoms with E-state index >= 15 is 0 Å². The largest absolute Gasteiger partial charge is 0.490 e. The van der Waals surface area contributed by atoms with Gasteiger partial charge in [-0.3, -0.25) is 4.79 Å². The van der Waals surface area contributed by atoms with Crippen molar-refractivity contribution in [3.05, 3.63) is 28.8 Å². The minimum Gasteiger partial charge on any atom is -0.490 e. The lowest BCUT2D eigenvalue weighted by molar-refractivity contribution is -0.146. The molecule has 136 valence electrons. The molecule has 6 heteroatoms. The number of likely N-dealkylation sites (tertiary alicyclic amines) is 1. The number of nitrogens with one attached hydrogen (secondary N) is 1. The highest BCUT2D eigenvalue weighted by atomic mass is 16.5. The summed E-state index contributed by atoms with van der Waals surface area (Å²) in [5.41, 5.74) is 3.02. The van der Waals surface area contributed by atoms with Crippen LogP contribution in [-0.4, -0.2) is 47.1 Å². The number of carbonyl (C=O) groups excluding carboxylic acids is 1. The lowest BCUT2D eigenvalue weighted by atomic mass is 10.0. The molecule has 1 aromatic carbocycles. The highest BCUT2D eigenvalue weighted by Crippen LogP contribution is 2.31. The number of rotatable bonds is 5. The van der Waals surface area contributed by atoms with E-state index in [0.29, 0.717) is 19.4 Å². The first-order valence-corrected chi connectivity index (χ1v) is 8.95. The first-order chi connectivity index (χ1) is 12.0. The SMILES string of the molecule is Cc1cc(C)c(OC2CCNCC2)c(CN2C(=O)CCC2C(=O)O)c1. The van der Waals surface area contributed by atoms with Gasteiger partial charge in [0.2, 0.25) is 5.91 Å². The van der Waals surface area contributed by atoms with Crippen molar-refractivity contribution in [2.45, 2.75) is 58.2 Å². The van der Waals surface area contributed by atoms with E-state index in [9.17, 15) is 14.7 Å². The second-order valence-corrected chi connectivity index (χ2v) is 7.05. The number of benzene rings is 1. The number of carbonyl (C=O) groups is 2. The molecule has 1 atom stereocenters. The first-order valence-electron chi connectivity index (χ1n) is 8.95. The van der Waals surface area contributed by atoms with E-state index in [4.69, 9.17) is 4.74 Å². The molecule has 2 aliphatic heterocycles. The zero-order chi connectivity index (χ0) is 18.0. The van der Waals surface area contributed by atoms with Crippen molar-refractivity contribution in [1.29, 1.82) is 0 Å². The Morgan fingerprint density at radius 2 is 2.00 bits per heavy atom. The summed E-state index contributed by atoms with van der Waals surface area (Å²) in [6.45, 7) is 6.19. The van der Waals surface area contributed by atoms with Crippen LogP contribution in [0.3, 0.4) is 0 Å². The van der Waals surface area contributed by atoms with Crippen LogP contribution >= 0.6 is 0 Å². The normalized spacial score (nSPS) is 21.6. The standard InChI is InChI=1S/C19H26N2O4/c1-12-9-13(2)18(25-15-5-7-20-8-6-15)14(10-12)11-21-16(19(23)24)3-4-17(21)22/h9-10,15-16,20H,3-8,11H2,1-2H3,(H,23,24). The maximum absolute atomic E-state index is 12.2. The average molecular weight is 346 g/mol. The molecule has 2 aliphatic rings. The third-order valence-electron chi connectivity index (χ3n) is 5.02. The monoisotopic (exact) mass is 346 g/mol. The minimum absolute atomic E-state index is 0.0978. The summed E-state index contributed by atoms with van der Waals surface area (Å²) in [4.78, 5) is 25.1. The molecular formula is C19H26N2O4. The van der Waals surface area contributed by atoms with Gasteiger partial charge in [-0.25, -0.2) is 4.79 Å². The van der Waals surface area contributed by atoms with Gasteiger partial charge in [-0.05, 0) is 51.8 Å². The van der Waals surface area contributed by atoms with Gasteiger partial charge in [0.1, 0.15) is 17.9 Å². The lowest BCUT2D eigenvalue weighted by Crippen LogP contribution is -2.38. The van der Waals surface area contributed by atoms with Crippen LogP contribution in [0.5, 0.6) is 5.75 Å². The van der Waals surface area contributed by atoms with E-state index in [2.05, 4.69) is 11.4 Å². The second-order valence-electron chi connectivity index (χ2n) is 7.05. The van der Waals surface area contributed by atoms with Gasteiger partial charge in [0.05, 0.1) is 6.54 Å².